The fraction of sp³-hybridized carbons (Fsp3) is 0.0769. The first kappa shape index (κ1) is 39.6. The maximum absolute atomic E-state index is 2.54. The van der Waals surface area contributed by atoms with Gasteiger partial charge < -0.3 is 4.90 Å². The predicted molar refractivity (Wildman–Crippen MR) is 278 cm³/mol. The number of nitrogens with zero attached hydrogens (tertiary/aromatic N) is 1. The van der Waals surface area contributed by atoms with Crippen molar-refractivity contribution in [1.29, 1.82) is 0 Å². The maximum Gasteiger partial charge on any atom is 0.0540 e. The highest BCUT2D eigenvalue weighted by Gasteiger charge is 2.41. The van der Waals surface area contributed by atoms with Gasteiger partial charge in [-0.05, 0) is 115 Å². The summed E-state index contributed by atoms with van der Waals surface area (Å²) in [5, 5.41) is 0. The minimum Gasteiger partial charge on any atom is -0.309 e. The number of hydrogen-bond acceptors (Lipinski definition) is 1. The van der Waals surface area contributed by atoms with Gasteiger partial charge in [-0.25, -0.2) is 0 Å². The Kier molecular flexibility index (Phi) is 9.36. The Hall–Kier alpha value is -8.00. The number of para-hydroxylation sites is 2. The summed E-state index contributed by atoms with van der Waals surface area (Å²) >= 11 is 0. The van der Waals surface area contributed by atoms with Crippen LogP contribution in [0.15, 0.2) is 243 Å². The fourth-order valence-corrected chi connectivity index (χ4v) is 11.3. The standard InChI is InChI=1S/C65H49N/c1-64(2)56-33-17-14-31-53(56)63-52(32-21-35-59(63)64)51-30-16-20-37-61(51)66(62-41-39-46(44-22-7-4-8-23-44)42-54(62)45-24-9-5-10-25-45)60-36-19-15-28-49(60)47-38-40-58-55(43-47)50-29-13-18-34-57(50)65(58,3)48-26-11-6-12-27-48/h4-43H,1-3H3. The van der Waals surface area contributed by atoms with Gasteiger partial charge in [0.25, 0.3) is 0 Å². The first-order valence-electron chi connectivity index (χ1n) is 23.2. The van der Waals surface area contributed by atoms with Gasteiger partial charge in [-0.1, -0.05) is 226 Å². The van der Waals surface area contributed by atoms with Gasteiger partial charge in [-0.3, -0.25) is 0 Å². The van der Waals surface area contributed by atoms with Crippen molar-refractivity contribution in [2.45, 2.75) is 31.6 Å². The molecule has 2 aliphatic rings. The molecule has 0 radical (unpaired) electrons. The minimum absolute atomic E-state index is 0.125. The molecule has 0 fully saturated rings. The SMILES string of the molecule is CC1(C)c2ccccc2-c2c(-c3ccccc3N(c3ccccc3-c3ccc4c(c3)-c3ccccc3C4(C)c3ccccc3)c3ccc(-c4ccccc4)cc3-c3ccccc3)cccc21. The van der Waals surface area contributed by atoms with E-state index in [1.54, 1.807) is 0 Å². The van der Waals surface area contributed by atoms with E-state index in [4.69, 9.17) is 0 Å². The third kappa shape index (κ3) is 6.15. The number of hydrogen-bond donors (Lipinski definition) is 0. The molecule has 1 nitrogen and oxygen atoms in total. The molecule has 0 heterocycles. The second-order valence-electron chi connectivity index (χ2n) is 18.5. The van der Waals surface area contributed by atoms with Crippen molar-refractivity contribution in [3.8, 4) is 66.8 Å². The first-order chi connectivity index (χ1) is 32.4. The average Bonchev–Trinajstić information content (AvgIpc) is 3.79. The molecule has 0 saturated carbocycles. The van der Waals surface area contributed by atoms with Crippen LogP contribution in [0.1, 0.15) is 48.6 Å². The van der Waals surface area contributed by atoms with Crippen molar-refractivity contribution in [3.05, 3.63) is 270 Å². The Bertz CT molecular complexity index is 3450. The molecule has 10 aromatic rings. The third-order valence-corrected chi connectivity index (χ3v) is 14.6. The van der Waals surface area contributed by atoms with E-state index < -0.39 is 0 Å². The van der Waals surface area contributed by atoms with Gasteiger partial charge in [0.1, 0.15) is 0 Å². The molecule has 0 saturated heterocycles. The lowest BCUT2D eigenvalue weighted by Crippen LogP contribution is -2.22. The zero-order valence-corrected chi connectivity index (χ0v) is 37.5. The molecule has 12 rings (SSSR count). The lowest BCUT2D eigenvalue weighted by atomic mass is 9.74. The van der Waals surface area contributed by atoms with Crippen LogP contribution in [0.4, 0.5) is 17.1 Å². The number of rotatable bonds is 8. The maximum atomic E-state index is 2.54. The van der Waals surface area contributed by atoms with Crippen LogP contribution in [-0.2, 0) is 10.8 Å². The normalized spacial score (nSPS) is 15.1. The van der Waals surface area contributed by atoms with Gasteiger partial charge >= 0.3 is 0 Å². The van der Waals surface area contributed by atoms with Crippen molar-refractivity contribution >= 4 is 17.1 Å². The Labute approximate surface area is 389 Å². The van der Waals surface area contributed by atoms with Crippen molar-refractivity contribution in [2.24, 2.45) is 0 Å². The Morgan fingerprint density at radius 3 is 1.48 bits per heavy atom. The second kappa shape index (κ2) is 15.6. The van der Waals surface area contributed by atoms with Gasteiger partial charge in [0, 0.05) is 27.5 Å². The quantitative estimate of drug-likeness (QED) is 0.147. The van der Waals surface area contributed by atoms with E-state index in [2.05, 4.69) is 268 Å². The zero-order chi connectivity index (χ0) is 44.4. The predicted octanol–water partition coefficient (Wildman–Crippen LogP) is 17.5. The third-order valence-electron chi connectivity index (χ3n) is 14.6. The molecule has 1 atom stereocenters. The van der Waals surface area contributed by atoms with E-state index >= 15 is 0 Å². The molecule has 314 valence electrons. The molecule has 1 unspecified atom stereocenters. The summed E-state index contributed by atoms with van der Waals surface area (Å²) in [6, 6.07) is 89.8. The molecule has 1 heteroatoms. The van der Waals surface area contributed by atoms with E-state index in [0.29, 0.717) is 0 Å². The van der Waals surface area contributed by atoms with Crippen LogP contribution < -0.4 is 4.90 Å². The first-order valence-corrected chi connectivity index (χ1v) is 23.2. The molecule has 0 bridgehead atoms. The van der Waals surface area contributed by atoms with Crippen LogP contribution in [-0.4, -0.2) is 0 Å². The van der Waals surface area contributed by atoms with E-state index in [1.165, 1.54) is 77.9 Å². The second-order valence-corrected chi connectivity index (χ2v) is 18.5. The van der Waals surface area contributed by atoms with E-state index in [-0.39, 0.29) is 10.8 Å². The molecule has 0 N–H and O–H groups in total. The van der Waals surface area contributed by atoms with Gasteiger partial charge in [-0.15, -0.1) is 0 Å². The number of benzene rings is 10. The van der Waals surface area contributed by atoms with Gasteiger partial charge in [0.05, 0.1) is 17.1 Å². The lowest BCUT2D eigenvalue weighted by Gasteiger charge is -2.32. The highest BCUT2D eigenvalue weighted by atomic mass is 15.1. The fourth-order valence-electron chi connectivity index (χ4n) is 11.3. The molecule has 0 amide bonds. The summed E-state index contributed by atoms with van der Waals surface area (Å²) < 4.78 is 0. The van der Waals surface area contributed by atoms with Crippen LogP contribution >= 0.6 is 0 Å². The molecule has 0 spiro atoms. The van der Waals surface area contributed by atoms with E-state index in [1.807, 2.05) is 0 Å². The molecular formula is C65H49N. The molecule has 2 aliphatic carbocycles. The van der Waals surface area contributed by atoms with Crippen molar-refractivity contribution in [1.82, 2.24) is 0 Å². The number of fused-ring (bicyclic) bond motifs is 6. The average molecular weight is 844 g/mol. The van der Waals surface area contributed by atoms with Crippen LogP contribution in [0.3, 0.4) is 0 Å². The van der Waals surface area contributed by atoms with E-state index in [9.17, 15) is 0 Å². The van der Waals surface area contributed by atoms with Crippen LogP contribution in [0, 0.1) is 0 Å². The highest BCUT2D eigenvalue weighted by molar-refractivity contribution is 6.02. The smallest absolute Gasteiger partial charge is 0.0540 e. The van der Waals surface area contributed by atoms with Crippen LogP contribution in [0.25, 0.3) is 66.8 Å². The minimum atomic E-state index is -0.273. The van der Waals surface area contributed by atoms with Gasteiger partial charge in [-0.2, -0.15) is 0 Å². The van der Waals surface area contributed by atoms with Crippen molar-refractivity contribution in [2.75, 3.05) is 4.90 Å². The van der Waals surface area contributed by atoms with Crippen LogP contribution in [0.5, 0.6) is 0 Å². The summed E-state index contributed by atoms with van der Waals surface area (Å²) in [5.41, 5.74) is 24.3. The van der Waals surface area contributed by atoms with Crippen molar-refractivity contribution < 1.29 is 0 Å². The topological polar surface area (TPSA) is 3.24 Å². The largest absolute Gasteiger partial charge is 0.309 e. The van der Waals surface area contributed by atoms with Crippen LogP contribution in [0.2, 0.25) is 0 Å². The molecule has 66 heavy (non-hydrogen) atoms. The summed E-state index contributed by atoms with van der Waals surface area (Å²) in [7, 11) is 0. The molecule has 10 aromatic carbocycles. The van der Waals surface area contributed by atoms with Gasteiger partial charge in [0.2, 0.25) is 0 Å². The lowest BCUT2D eigenvalue weighted by molar-refractivity contribution is 0.660. The summed E-state index contributed by atoms with van der Waals surface area (Å²) in [5.74, 6) is 0. The zero-order valence-electron chi connectivity index (χ0n) is 37.5. The highest BCUT2D eigenvalue weighted by Crippen LogP contribution is 2.57. The Morgan fingerprint density at radius 2 is 0.758 bits per heavy atom. The van der Waals surface area contributed by atoms with Gasteiger partial charge in [0.15, 0.2) is 0 Å². The summed E-state index contributed by atoms with van der Waals surface area (Å²) in [4.78, 5) is 2.54. The number of anilines is 3. The van der Waals surface area contributed by atoms with Crippen molar-refractivity contribution in [3.63, 3.8) is 0 Å². The summed E-state index contributed by atoms with van der Waals surface area (Å²) in [6.45, 7) is 7.13. The molecule has 0 aliphatic heterocycles. The Balaban J connectivity index is 1.12. The summed E-state index contributed by atoms with van der Waals surface area (Å²) in [6.07, 6.45) is 0. The monoisotopic (exact) mass is 843 g/mol. The molecular weight excluding hydrogens is 795 g/mol. The molecule has 0 aromatic heterocycles. The Morgan fingerprint density at radius 1 is 0.273 bits per heavy atom. The van der Waals surface area contributed by atoms with E-state index in [0.717, 1.165) is 33.8 Å².